The fraction of sp³-hybridized carbons (Fsp3) is 0.448. The molecule has 248 valence electrons. The number of unbranched alkanes of at least 4 members (excludes halogenated alkanes) is 1. The van der Waals surface area contributed by atoms with Crippen LogP contribution in [-0.4, -0.2) is 92.1 Å². The fourth-order valence-corrected chi connectivity index (χ4v) is 5.85. The molecule has 0 bridgehead atoms. The molecule has 14 nitrogen and oxygen atoms in total. The van der Waals surface area contributed by atoms with Gasteiger partial charge in [0.15, 0.2) is 0 Å². The van der Waals surface area contributed by atoms with Gasteiger partial charge in [0.1, 0.15) is 18.5 Å². The summed E-state index contributed by atoms with van der Waals surface area (Å²) in [5.41, 5.74) is 11.1. The first-order valence-corrected chi connectivity index (χ1v) is 15.7. The van der Waals surface area contributed by atoms with Crippen molar-refractivity contribution < 1.29 is 42.6 Å². The molecule has 2 fully saturated rings. The second kappa shape index (κ2) is 15.9. The number of nitrogens with two attached hydrogens (primary N) is 2. The first kappa shape index (κ1) is 34.7. The molecular formula is C29H34ClFN6O8S. The molecular weight excluding hydrogens is 647 g/mol. The highest BCUT2D eigenvalue weighted by molar-refractivity contribution is 7.18. The number of nitrogens with one attached hydrogen (secondary N) is 1. The molecule has 2 aromatic rings. The molecule has 5 N–H and O–H groups in total. The summed E-state index contributed by atoms with van der Waals surface area (Å²) in [5.74, 6) is -3.25. The standard InChI is InChI=1S/C29H34ClFN6O8S/c30-23-8-7-22(46-23)28(42)37(25(39)3-1-2-10-34-27(41)20(32)5-9-24(33)38)15-18-14-36(29(43)45-18)21-6-4-17(13-19(21)31)35-11-12-44-16-26(35)40/h4,6-8,13,18,20H,1-3,5,9-12,14-16,32H2,(H2,33,38)(H,34,41). The lowest BCUT2D eigenvalue weighted by Crippen LogP contribution is -2.43. The normalized spacial score (nSPS) is 17.1. The van der Waals surface area contributed by atoms with Gasteiger partial charge >= 0.3 is 6.09 Å². The third kappa shape index (κ3) is 8.99. The van der Waals surface area contributed by atoms with Crippen LogP contribution in [0.25, 0.3) is 0 Å². The summed E-state index contributed by atoms with van der Waals surface area (Å²) < 4.78 is 26.1. The maximum atomic E-state index is 15.2. The van der Waals surface area contributed by atoms with E-state index in [1.54, 1.807) is 0 Å². The molecule has 6 amide bonds. The monoisotopic (exact) mass is 680 g/mol. The number of rotatable bonds is 14. The molecule has 0 saturated carbocycles. The Morgan fingerprint density at radius 1 is 1.13 bits per heavy atom. The zero-order valence-electron chi connectivity index (χ0n) is 24.7. The summed E-state index contributed by atoms with van der Waals surface area (Å²) in [4.78, 5) is 78.2. The molecule has 0 aliphatic carbocycles. The predicted molar refractivity (Wildman–Crippen MR) is 166 cm³/mol. The third-order valence-electron chi connectivity index (χ3n) is 7.27. The lowest BCUT2D eigenvalue weighted by Gasteiger charge is -2.27. The van der Waals surface area contributed by atoms with Gasteiger partial charge in [-0.1, -0.05) is 11.6 Å². The van der Waals surface area contributed by atoms with Gasteiger partial charge in [0.25, 0.3) is 11.8 Å². The number of anilines is 2. The minimum Gasteiger partial charge on any atom is -0.442 e. The van der Waals surface area contributed by atoms with E-state index in [-0.39, 0.29) is 68.5 Å². The summed E-state index contributed by atoms with van der Waals surface area (Å²) in [6.07, 6.45) is -1.08. The van der Waals surface area contributed by atoms with Gasteiger partial charge in [-0.3, -0.25) is 33.8 Å². The Hall–Kier alpha value is -4.12. The molecule has 2 atom stereocenters. The first-order valence-electron chi connectivity index (χ1n) is 14.5. The first-order chi connectivity index (χ1) is 21.9. The largest absolute Gasteiger partial charge is 0.442 e. The second-order valence-electron chi connectivity index (χ2n) is 10.6. The Bertz CT molecular complexity index is 1490. The number of hydrogen-bond donors (Lipinski definition) is 3. The number of imide groups is 1. The number of carbonyl (C=O) groups excluding carboxylic acids is 6. The van der Waals surface area contributed by atoms with Gasteiger partial charge in [-0.15, -0.1) is 11.3 Å². The molecule has 2 unspecified atom stereocenters. The van der Waals surface area contributed by atoms with E-state index in [2.05, 4.69) is 5.32 Å². The van der Waals surface area contributed by atoms with E-state index in [1.165, 1.54) is 29.2 Å². The van der Waals surface area contributed by atoms with E-state index in [4.69, 9.17) is 32.5 Å². The lowest BCUT2D eigenvalue weighted by molar-refractivity contribution is -0.129. The number of hydrogen-bond acceptors (Lipinski definition) is 10. The Morgan fingerprint density at radius 2 is 1.91 bits per heavy atom. The molecule has 1 aromatic carbocycles. The average molecular weight is 681 g/mol. The minimum absolute atomic E-state index is 0.0191. The van der Waals surface area contributed by atoms with Crippen LogP contribution in [0.15, 0.2) is 30.3 Å². The van der Waals surface area contributed by atoms with Crippen LogP contribution in [0.5, 0.6) is 0 Å². The van der Waals surface area contributed by atoms with E-state index in [1.807, 2.05) is 0 Å². The molecule has 2 aliphatic heterocycles. The Labute approximate surface area is 272 Å². The zero-order valence-corrected chi connectivity index (χ0v) is 26.3. The van der Waals surface area contributed by atoms with E-state index in [0.717, 1.165) is 27.2 Å². The number of primary amides is 1. The van der Waals surface area contributed by atoms with Gasteiger partial charge in [0.05, 0.1) is 40.6 Å². The van der Waals surface area contributed by atoms with Gasteiger partial charge < -0.3 is 31.2 Å². The van der Waals surface area contributed by atoms with Crippen LogP contribution in [-0.2, 0) is 28.7 Å². The lowest BCUT2D eigenvalue weighted by atomic mass is 10.1. The second-order valence-corrected chi connectivity index (χ2v) is 12.3. The molecule has 1 aromatic heterocycles. The summed E-state index contributed by atoms with van der Waals surface area (Å²) >= 11 is 6.99. The van der Waals surface area contributed by atoms with Crippen molar-refractivity contribution in [3.05, 3.63) is 45.4 Å². The molecule has 46 heavy (non-hydrogen) atoms. The summed E-state index contributed by atoms with van der Waals surface area (Å²) in [6.45, 7) is 0.245. The molecule has 4 rings (SSSR count). The quantitative estimate of drug-likeness (QED) is 0.249. The number of ether oxygens (including phenoxy) is 2. The zero-order chi connectivity index (χ0) is 33.4. The number of morpholine rings is 1. The third-order valence-corrected chi connectivity index (χ3v) is 8.48. The SMILES string of the molecule is NC(=O)CCC(N)C(=O)NCCCCC(=O)N(CC1CN(c2ccc(N3CCOCC3=O)cc2F)C(=O)O1)C(=O)c1ccc(Cl)s1. The van der Waals surface area contributed by atoms with Crippen LogP contribution in [0.4, 0.5) is 20.6 Å². The van der Waals surface area contributed by atoms with Crippen LogP contribution >= 0.6 is 22.9 Å². The minimum atomic E-state index is -0.961. The van der Waals surface area contributed by atoms with Crippen LogP contribution in [0.2, 0.25) is 4.34 Å². The topological polar surface area (TPSA) is 195 Å². The van der Waals surface area contributed by atoms with Gasteiger partial charge in [-0.25, -0.2) is 9.18 Å². The summed E-state index contributed by atoms with van der Waals surface area (Å²) in [6, 6.07) is 6.13. The molecule has 17 heteroatoms. The van der Waals surface area contributed by atoms with Gasteiger partial charge in [-0.2, -0.15) is 0 Å². The fourth-order valence-electron chi connectivity index (χ4n) is 4.86. The van der Waals surface area contributed by atoms with Crippen molar-refractivity contribution in [2.24, 2.45) is 11.5 Å². The van der Waals surface area contributed by atoms with Crippen molar-refractivity contribution in [1.82, 2.24) is 10.2 Å². The highest BCUT2D eigenvalue weighted by atomic mass is 35.5. The number of cyclic esters (lactones) is 1. The maximum absolute atomic E-state index is 15.2. The molecule has 0 spiro atoms. The van der Waals surface area contributed by atoms with Gasteiger partial charge in [0, 0.05) is 31.6 Å². The number of benzene rings is 1. The van der Waals surface area contributed by atoms with Crippen LogP contribution < -0.4 is 26.6 Å². The Kier molecular flexibility index (Phi) is 12.0. The smallest absolute Gasteiger partial charge is 0.414 e. The van der Waals surface area contributed by atoms with Crippen molar-refractivity contribution in [2.45, 2.75) is 44.2 Å². The van der Waals surface area contributed by atoms with Crippen LogP contribution in [0.3, 0.4) is 0 Å². The Morgan fingerprint density at radius 3 is 2.59 bits per heavy atom. The van der Waals surface area contributed by atoms with Crippen molar-refractivity contribution in [3.8, 4) is 0 Å². The van der Waals surface area contributed by atoms with Crippen LogP contribution in [0.1, 0.15) is 41.8 Å². The average Bonchev–Trinajstić information content (AvgIpc) is 3.62. The maximum Gasteiger partial charge on any atom is 0.414 e. The van der Waals surface area contributed by atoms with Gasteiger partial charge in [-0.05, 0) is 49.6 Å². The molecule has 2 saturated heterocycles. The number of amides is 6. The summed E-state index contributed by atoms with van der Waals surface area (Å²) in [7, 11) is 0. The predicted octanol–water partition coefficient (Wildman–Crippen LogP) is 1.78. The summed E-state index contributed by atoms with van der Waals surface area (Å²) in [5, 5.41) is 2.63. The molecule has 3 heterocycles. The van der Waals surface area contributed by atoms with E-state index in [9.17, 15) is 28.8 Å². The number of halogens is 2. The number of nitrogens with zero attached hydrogens (tertiary/aromatic N) is 3. The van der Waals surface area contributed by atoms with Crippen molar-refractivity contribution in [1.29, 1.82) is 0 Å². The van der Waals surface area contributed by atoms with E-state index >= 15 is 4.39 Å². The number of carbonyl (C=O) groups is 6. The highest BCUT2D eigenvalue weighted by Crippen LogP contribution is 2.30. The molecule has 2 aliphatic rings. The van der Waals surface area contributed by atoms with Crippen molar-refractivity contribution in [3.63, 3.8) is 0 Å². The van der Waals surface area contributed by atoms with Gasteiger partial charge in [0.2, 0.25) is 17.7 Å². The van der Waals surface area contributed by atoms with Crippen molar-refractivity contribution >= 4 is 69.9 Å². The Balaban J connectivity index is 1.36. The highest BCUT2D eigenvalue weighted by Gasteiger charge is 2.38. The molecule has 0 radical (unpaired) electrons. The van der Waals surface area contributed by atoms with Crippen molar-refractivity contribution in [2.75, 3.05) is 49.2 Å². The van der Waals surface area contributed by atoms with E-state index < -0.39 is 47.7 Å². The van der Waals surface area contributed by atoms with E-state index in [0.29, 0.717) is 29.5 Å². The van der Waals surface area contributed by atoms with Crippen LogP contribution in [0, 0.1) is 5.82 Å². The number of thiophene rings is 1.